The van der Waals surface area contributed by atoms with E-state index in [1.54, 1.807) is 61.7 Å². The standard InChI is InChI=1S/C22H22N2O5/c1-29-15-12-10-14(11-13-15)23-21(26)18-8-4-5-9-19(18)24-20(25)16-6-2-3-7-17(16)22(27)28/h2-5,8-13,16-17H,6-7H2,1H3,(H,23,26)(H,24,25)(H,27,28)/t16-,17+/m1/s1. The van der Waals surface area contributed by atoms with Crippen molar-refractivity contribution in [3.05, 3.63) is 66.2 Å². The third kappa shape index (κ3) is 4.82. The Balaban J connectivity index is 1.75. The maximum absolute atomic E-state index is 12.7. The number of benzene rings is 2. The number of methoxy groups -OCH3 is 1. The van der Waals surface area contributed by atoms with Crippen molar-refractivity contribution in [3.8, 4) is 5.75 Å². The summed E-state index contributed by atoms with van der Waals surface area (Å²) < 4.78 is 5.10. The van der Waals surface area contributed by atoms with Gasteiger partial charge in [-0.3, -0.25) is 14.4 Å². The normalized spacial score (nSPS) is 18.0. The zero-order valence-electron chi connectivity index (χ0n) is 15.9. The second-order valence-corrected chi connectivity index (χ2v) is 6.71. The minimum absolute atomic E-state index is 0.287. The molecule has 0 saturated carbocycles. The molecule has 1 aliphatic carbocycles. The Morgan fingerprint density at radius 3 is 2.24 bits per heavy atom. The van der Waals surface area contributed by atoms with Crippen LogP contribution in [0.5, 0.6) is 5.75 Å². The van der Waals surface area contributed by atoms with Crippen LogP contribution in [0.3, 0.4) is 0 Å². The lowest BCUT2D eigenvalue weighted by molar-refractivity contribution is -0.146. The van der Waals surface area contributed by atoms with Gasteiger partial charge in [0.05, 0.1) is 30.2 Å². The summed E-state index contributed by atoms with van der Waals surface area (Å²) in [7, 11) is 1.56. The van der Waals surface area contributed by atoms with Gasteiger partial charge in [0.15, 0.2) is 0 Å². The van der Waals surface area contributed by atoms with Crippen molar-refractivity contribution in [2.45, 2.75) is 12.8 Å². The first-order valence-electron chi connectivity index (χ1n) is 9.22. The summed E-state index contributed by atoms with van der Waals surface area (Å²) in [5.41, 5.74) is 1.21. The summed E-state index contributed by atoms with van der Waals surface area (Å²) >= 11 is 0. The molecule has 0 radical (unpaired) electrons. The van der Waals surface area contributed by atoms with E-state index >= 15 is 0 Å². The highest BCUT2D eigenvalue weighted by atomic mass is 16.5. The van der Waals surface area contributed by atoms with E-state index in [0.717, 1.165) is 0 Å². The summed E-state index contributed by atoms with van der Waals surface area (Å²) in [4.78, 5) is 36.9. The number of aliphatic carboxylic acids is 1. The quantitative estimate of drug-likeness (QED) is 0.650. The van der Waals surface area contributed by atoms with Gasteiger partial charge in [0, 0.05) is 5.69 Å². The number of ether oxygens (including phenoxy) is 1. The Bertz CT molecular complexity index is 936. The Hall–Kier alpha value is -3.61. The van der Waals surface area contributed by atoms with Gasteiger partial charge in [0.25, 0.3) is 5.91 Å². The summed E-state index contributed by atoms with van der Waals surface area (Å²) in [5.74, 6) is -2.59. The Morgan fingerprint density at radius 1 is 0.931 bits per heavy atom. The highest BCUT2D eigenvalue weighted by Gasteiger charge is 2.34. The van der Waals surface area contributed by atoms with Crippen molar-refractivity contribution < 1.29 is 24.2 Å². The first kappa shape index (κ1) is 20.1. The first-order valence-corrected chi connectivity index (χ1v) is 9.22. The van der Waals surface area contributed by atoms with E-state index in [1.807, 2.05) is 6.08 Å². The highest BCUT2D eigenvalue weighted by molar-refractivity contribution is 6.10. The molecule has 0 aromatic heterocycles. The smallest absolute Gasteiger partial charge is 0.307 e. The summed E-state index contributed by atoms with van der Waals surface area (Å²) in [5, 5.41) is 14.9. The zero-order valence-corrected chi connectivity index (χ0v) is 15.9. The van der Waals surface area contributed by atoms with Crippen LogP contribution in [0.2, 0.25) is 0 Å². The lowest BCUT2D eigenvalue weighted by atomic mass is 9.82. The average molecular weight is 394 g/mol. The molecule has 0 spiro atoms. The summed E-state index contributed by atoms with van der Waals surface area (Å²) in [6.07, 6.45) is 4.25. The number of hydrogen-bond acceptors (Lipinski definition) is 4. The van der Waals surface area contributed by atoms with Gasteiger partial charge in [0.1, 0.15) is 5.75 Å². The number of carbonyl (C=O) groups excluding carboxylic acids is 2. The van der Waals surface area contributed by atoms with Gasteiger partial charge >= 0.3 is 5.97 Å². The predicted molar refractivity (Wildman–Crippen MR) is 109 cm³/mol. The molecule has 0 heterocycles. The summed E-state index contributed by atoms with van der Waals surface area (Å²) in [6, 6.07) is 13.5. The van der Waals surface area contributed by atoms with Gasteiger partial charge < -0.3 is 20.5 Å². The fourth-order valence-corrected chi connectivity index (χ4v) is 3.27. The molecular weight excluding hydrogens is 372 g/mol. The SMILES string of the molecule is COc1ccc(NC(=O)c2ccccc2NC(=O)[C@@H]2CC=CC[C@@H]2C(=O)O)cc1. The molecule has 0 fully saturated rings. The third-order valence-electron chi connectivity index (χ3n) is 4.86. The molecule has 7 heteroatoms. The maximum atomic E-state index is 12.7. The molecule has 2 atom stereocenters. The van der Waals surface area contributed by atoms with Crippen molar-refractivity contribution in [1.82, 2.24) is 0 Å². The number of para-hydroxylation sites is 1. The maximum Gasteiger partial charge on any atom is 0.307 e. The van der Waals surface area contributed by atoms with Crippen LogP contribution in [0.4, 0.5) is 11.4 Å². The number of anilines is 2. The number of amides is 2. The first-order chi connectivity index (χ1) is 14.0. The van der Waals surface area contributed by atoms with Gasteiger partial charge in [-0.25, -0.2) is 0 Å². The van der Waals surface area contributed by atoms with Crippen LogP contribution < -0.4 is 15.4 Å². The molecule has 2 aromatic rings. The van der Waals surface area contributed by atoms with Crippen molar-refractivity contribution in [2.75, 3.05) is 17.7 Å². The third-order valence-corrected chi connectivity index (χ3v) is 4.86. The van der Waals surface area contributed by atoms with Crippen LogP contribution in [-0.4, -0.2) is 30.0 Å². The van der Waals surface area contributed by atoms with Crippen LogP contribution in [-0.2, 0) is 9.59 Å². The van der Waals surface area contributed by atoms with Crippen molar-refractivity contribution in [3.63, 3.8) is 0 Å². The molecule has 150 valence electrons. The Labute approximate surface area is 168 Å². The zero-order chi connectivity index (χ0) is 20.8. The lowest BCUT2D eigenvalue weighted by Gasteiger charge is -2.24. The molecule has 3 rings (SSSR count). The second-order valence-electron chi connectivity index (χ2n) is 6.71. The number of nitrogens with one attached hydrogen (secondary N) is 2. The molecule has 3 N–H and O–H groups in total. The van der Waals surface area contributed by atoms with Crippen LogP contribution in [0.25, 0.3) is 0 Å². The van der Waals surface area contributed by atoms with Crippen LogP contribution >= 0.6 is 0 Å². The minimum Gasteiger partial charge on any atom is -0.497 e. The number of carbonyl (C=O) groups is 3. The summed E-state index contributed by atoms with van der Waals surface area (Å²) in [6.45, 7) is 0. The molecule has 2 amide bonds. The topological polar surface area (TPSA) is 105 Å². The molecule has 0 saturated heterocycles. The Morgan fingerprint density at radius 2 is 1.59 bits per heavy atom. The van der Waals surface area contributed by atoms with Crippen molar-refractivity contribution in [2.24, 2.45) is 11.8 Å². The van der Waals surface area contributed by atoms with E-state index in [1.165, 1.54) is 0 Å². The van der Waals surface area contributed by atoms with Crippen molar-refractivity contribution >= 4 is 29.2 Å². The molecule has 29 heavy (non-hydrogen) atoms. The lowest BCUT2D eigenvalue weighted by Crippen LogP contribution is -2.35. The monoisotopic (exact) mass is 394 g/mol. The Kier molecular flexibility index (Phi) is 6.29. The molecule has 2 aromatic carbocycles. The van der Waals surface area contributed by atoms with E-state index in [-0.39, 0.29) is 11.5 Å². The molecule has 0 aliphatic heterocycles. The average Bonchev–Trinajstić information content (AvgIpc) is 2.74. The van der Waals surface area contributed by atoms with E-state index in [0.29, 0.717) is 30.0 Å². The van der Waals surface area contributed by atoms with Crippen LogP contribution in [0, 0.1) is 11.8 Å². The van der Waals surface area contributed by atoms with Gasteiger partial charge in [-0.15, -0.1) is 0 Å². The number of allylic oxidation sites excluding steroid dienone is 2. The van der Waals surface area contributed by atoms with E-state index < -0.39 is 23.7 Å². The van der Waals surface area contributed by atoms with E-state index in [9.17, 15) is 19.5 Å². The molecule has 1 aliphatic rings. The van der Waals surface area contributed by atoms with Gasteiger partial charge in [-0.1, -0.05) is 24.3 Å². The van der Waals surface area contributed by atoms with E-state index in [4.69, 9.17) is 4.74 Å². The fraction of sp³-hybridized carbons (Fsp3) is 0.227. The highest BCUT2D eigenvalue weighted by Crippen LogP contribution is 2.28. The molecule has 0 bridgehead atoms. The second kappa shape index (κ2) is 9.05. The predicted octanol–water partition coefficient (Wildman–Crippen LogP) is 3.55. The van der Waals surface area contributed by atoms with Gasteiger partial charge in [0.2, 0.25) is 5.91 Å². The van der Waals surface area contributed by atoms with Crippen molar-refractivity contribution in [1.29, 1.82) is 0 Å². The van der Waals surface area contributed by atoms with Crippen LogP contribution in [0.15, 0.2) is 60.7 Å². The van der Waals surface area contributed by atoms with Gasteiger partial charge in [-0.2, -0.15) is 0 Å². The fourth-order valence-electron chi connectivity index (χ4n) is 3.27. The molecule has 0 unspecified atom stereocenters. The molecular formula is C22H22N2O5. The largest absolute Gasteiger partial charge is 0.497 e. The number of hydrogen-bond donors (Lipinski definition) is 3. The number of carboxylic acid groups (broad SMARTS) is 1. The van der Waals surface area contributed by atoms with Gasteiger partial charge in [-0.05, 0) is 49.2 Å². The molecule has 7 nitrogen and oxygen atoms in total. The van der Waals surface area contributed by atoms with E-state index in [2.05, 4.69) is 10.6 Å². The van der Waals surface area contributed by atoms with Crippen LogP contribution in [0.1, 0.15) is 23.2 Å². The minimum atomic E-state index is -1.000. The number of rotatable bonds is 6. The number of carboxylic acids is 1.